The molecule has 0 saturated carbocycles. The van der Waals surface area contributed by atoms with E-state index in [-0.39, 0.29) is 0 Å². The van der Waals surface area contributed by atoms with E-state index in [2.05, 4.69) is 9.78 Å². The van der Waals surface area contributed by atoms with E-state index in [1.54, 1.807) is 25.6 Å². The zero-order chi connectivity index (χ0) is 17.4. The molecule has 4 aromatic rings. The molecule has 0 saturated heterocycles. The van der Waals surface area contributed by atoms with E-state index in [1.807, 2.05) is 48.7 Å². The first-order chi connectivity index (χ1) is 12.2. The summed E-state index contributed by atoms with van der Waals surface area (Å²) in [6.45, 7) is 0. The highest BCUT2D eigenvalue weighted by Crippen LogP contribution is 2.35. The van der Waals surface area contributed by atoms with Gasteiger partial charge < -0.3 is 15.2 Å². The molecule has 0 spiro atoms. The summed E-state index contributed by atoms with van der Waals surface area (Å²) in [5.74, 6) is 1.42. The van der Waals surface area contributed by atoms with E-state index in [9.17, 15) is 0 Å². The highest BCUT2D eigenvalue weighted by atomic mass is 32.1. The summed E-state index contributed by atoms with van der Waals surface area (Å²) in [6, 6.07) is 13.7. The lowest BCUT2D eigenvalue weighted by Crippen LogP contribution is -1.91. The van der Waals surface area contributed by atoms with Gasteiger partial charge in [0, 0.05) is 28.4 Å². The Hall–Kier alpha value is -2.99. The zero-order valence-corrected chi connectivity index (χ0v) is 14.7. The second-order valence-electron chi connectivity index (χ2n) is 5.59. The summed E-state index contributed by atoms with van der Waals surface area (Å²) in [5, 5.41) is 2.09. The van der Waals surface area contributed by atoms with Crippen LogP contribution < -0.4 is 15.2 Å². The van der Waals surface area contributed by atoms with Crippen LogP contribution in [0.5, 0.6) is 11.5 Å². The quantitative estimate of drug-likeness (QED) is 0.556. The van der Waals surface area contributed by atoms with Gasteiger partial charge in [0.1, 0.15) is 0 Å². The van der Waals surface area contributed by atoms with Crippen molar-refractivity contribution >= 4 is 22.0 Å². The van der Waals surface area contributed by atoms with Crippen molar-refractivity contribution in [2.24, 2.45) is 0 Å². The van der Waals surface area contributed by atoms with Gasteiger partial charge in [-0.25, -0.2) is 4.98 Å². The lowest BCUT2D eigenvalue weighted by atomic mass is 10.1. The van der Waals surface area contributed by atoms with Gasteiger partial charge in [-0.1, -0.05) is 12.1 Å². The number of imidazole rings is 1. The summed E-state index contributed by atoms with van der Waals surface area (Å²) in [5.41, 5.74) is 10.6. The predicted molar refractivity (Wildman–Crippen MR) is 101 cm³/mol. The molecule has 0 amide bonds. The molecule has 0 radical (unpaired) electrons. The van der Waals surface area contributed by atoms with Crippen molar-refractivity contribution in [3.8, 4) is 34.0 Å². The van der Waals surface area contributed by atoms with Crippen molar-refractivity contribution in [1.29, 1.82) is 0 Å². The van der Waals surface area contributed by atoms with E-state index < -0.39 is 0 Å². The number of anilines is 1. The number of thiazole rings is 1. The van der Waals surface area contributed by atoms with Crippen LogP contribution in [-0.2, 0) is 0 Å². The maximum absolute atomic E-state index is 5.89. The number of nitrogens with zero attached hydrogens (tertiary/aromatic N) is 2. The van der Waals surface area contributed by atoms with E-state index in [4.69, 9.17) is 20.2 Å². The van der Waals surface area contributed by atoms with Crippen LogP contribution in [-0.4, -0.2) is 23.6 Å². The number of nitrogen functional groups attached to an aromatic ring is 1. The Labute approximate surface area is 149 Å². The second-order valence-corrected chi connectivity index (χ2v) is 6.43. The molecule has 2 N–H and O–H groups in total. The monoisotopic (exact) mass is 351 g/mol. The Morgan fingerprint density at radius 2 is 1.84 bits per heavy atom. The van der Waals surface area contributed by atoms with Crippen LogP contribution in [0.4, 0.5) is 5.69 Å². The summed E-state index contributed by atoms with van der Waals surface area (Å²) >= 11 is 1.60. The molecular formula is C19H17N3O2S. The van der Waals surface area contributed by atoms with Crippen LogP contribution in [0.3, 0.4) is 0 Å². The largest absolute Gasteiger partial charge is 0.493 e. The topological polar surface area (TPSA) is 61.8 Å². The lowest BCUT2D eigenvalue weighted by molar-refractivity contribution is 0.355. The highest BCUT2D eigenvalue weighted by Gasteiger charge is 2.13. The molecule has 2 heterocycles. The zero-order valence-electron chi connectivity index (χ0n) is 13.9. The number of hydrogen-bond acceptors (Lipinski definition) is 5. The Balaban J connectivity index is 1.81. The number of nitrogens with two attached hydrogens (primary N) is 1. The fourth-order valence-corrected chi connectivity index (χ4v) is 3.71. The molecule has 4 rings (SSSR count). The normalized spacial score (nSPS) is 11.0. The molecule has 0 aliphatic carbocycles. The molecule has 0 unspecified atom stereocenters. The molecule has 0 bridgehead atoms. The van der Waals surface area contributed by atoms with Gasteiger partial charge in [-0.05, 0) is 30.3 Å². The molecular weight excluding hydrogens is 334 g/mol. The number of benzene rings is 2. The van der Waals surface area contributed by atoms with Gasteiger partial charge in [0.2, 0.25) is 0 Å². The smallest absolute Gasteiger partial charge is 0.194 e. The Morgan fingerprint density at radius 1 is 1.00 bits per heavy atom. The first kappa shape index (κ1) is 15.5. The van der Waals surface area contributed by atoms with Crippen LogP contribution in [0.25, 0.3) is 27.5 Å². The van der Waals surface area contributed by atoms with Gasteiger partial charge in [-0.15, -0.1) is 11.3 Å². The molecule has 6 heteroatoms. The standard InChI is InChI=1S/C19H17N3O2S/c1-23-17-7-6-13(9-18(17)24-2)16-11-25-19-21-15(10-22(16)19)12-4-3-5-14(20)8-12/h3-11H,20H2,1-2H3. The summed E-state index contributed by atoms with van der Waals surface area (Å²) in [4.78, 5) is 5.65. The summed E-state index contributed by atoms with van der Waals surface area (Å²) < 4.78 is 12.8. The molecule has 126 valence electrons. The SMILES string of the molecule is COc1ccc(-c2csc3nc(-c4cccc(N)c4)cn23)cc1OC. The molecule has 0 aliphatic heterocycles. The van der Waals surface area contributed by atoms with E-state index in [0.717, 1.165) is 33.2 Å². The number of rotatable bonds is 4. The number of ether oxygens (including phenoxy) is 2. The average Bonchev–Trinajstić information content (AvgIpc) is 3.21. The number of aromatic nitrogens is 2. The molecule has 2 aromatic carbocycles. The van der Waals surface area contributed by atoms with Crippen LogP contribution in [0, 0.1) is 0 Å². The third kappa shape index (κ3) is 2.70. The van der Waals surface area contributed by atoms with Gasteiger partial charge in [-0.2, -0.15) is 0 Å². The molecule has 2 aromatic heterocycles. The van der Waals surface area contributed by atoms with Crippen LogP contribution in [0.15, 0.2) is 54.0 Å². The first-order valence-electron chi connectivity index (χ1n) is 7.74. The van der Waals surface area contributed by atoms with Crippen molar-refractivity contribution in [3.63, 3.8) is 0 Å². The van der Waals surface area contributed by atoms with Crippen molar-refractivity contribution < 1.29 is 9.47 Å². The van der Waals surface area contributed by atoms with Gasteiger partial charge >= 0.3 is 0 Å². The molecule has 5 nitrogen and oxygen atoms in total. The van der Waals surface area contributed by atoms with Crippen molar-refractivity contribution in [2.45, 2.75) is 0 Å². The third-order valence-corrected chi connectivity index (χ3v) is 4.91. The van der Waals surface area contributed by atoms with Gasteiger partial charge in [-0.3, -0.25) is 4.40 Å². The van der Waals surface area contributed by atoms with Crippen LogP contribution in [0.1, 0.15) is 0 Å². The summed E-state index contributed by atoms with van der Waals surface area (Å²) in [7, 11) is 3.27. The number of hydrogen-bond donors (Lipinski definition) is 1. The van der Waals surface area contributed by atoms with Gasteiger partial charge in [0.05, 0.1) is 25.6 Å². The minimum Gasteiger partial charge on any atom is -0.493 e. The average molecular weight is 351 g/mol. The Bertz CT molecular complexity index is 1050. The molecule has 0 aliphatic rings. The minimum absolute atomic E-state index is 0.704. The predicted octanol–water partition coefficient (Wildman–Crippen LogP) is 4.33. The molecule has 0 fully saturated rings. The number of methoxy groups -OCH3 is 2. The maximum atomic E-state index is 5.89. The van der Waals surface area contributed by atoms with Crippen LogP contribution >= 0.6 is 11.3 Å². The molecule has 0 atom stereocenters. The van der Waals surface area contributed by atoms with Gasteiger partial charge in [0.25, 0.3) is 0 Å². The van der Waals surface area contributed by atoms with Crippen LogP contribution in [0.2, 0.25) is 0 Å². The molecule has 25 heavy (non-hydrogen) atoms. The Morgan fingerprint density at radius 3 is 2.60 bits per heavy atom. The fraction of sp³-hybridized carbons (Fsp3) is 0.105. The van der Waals surface area contributed by atoms with Gasteiger partial charge in [0.15, 0.2) is 16.5 Å². The van der Waals surface area contributed by atoms with E-state index in [0.29, 0.717) is 11.5 Å². The Kier molecular flexibility index (Phi) is 3.82. The third-order valence-electron chi connectivity index (χ3n) is 4.07. The number of fused-ring (bicyclic) bond motifs is 1. The highest BCUT2D eigenvalue weighted by molar-refractivity contribution is 7.15. The first-order valence-corrected chi connectivity index (χ1v) is 8.62. The summed E-state index contributed by atoms with van der Waals surface area (Å²) in [6.07, 6.45) is 2.03. The minimum atomic E-state index is 0.704. The van der Waals surface area contributed by atoms with Crippen molar-refractivity contribution in [1.82, 2.24) is 9.38 Å². The van der Waals surface area contributed by atoms with Crippen molar-refractivity contribution in [3.05, 3.63) is 54.0 Å². The fourth-order valence-electron chi connectivity index (χ4n) is 2.82. The maximum Gasteiger partial charge on any atom is 0.194 e. The van der Waals surface area contributed by atoms with Crippen molar-refractivity contribution in [2.75, 3.05) is 20.0 Å². The van der Waals surface area contributed by atoms with E-state index in [1.165, 1.54) is 0 Å². The second kappa shape index (κ2) is 6.14. The van der Waals surface area contributed by atoms with E-state index >= 15 is 0 Å². The lowest BCUT2D eigenvalue weighted by Gasteiger charge is -2.09.